The number of methoxy groups -OCH3 is 2. The summed E-state index contributed by atoms with van der Waals surface area (Å²) in [6, 6.07) is 13.7. The molecule has 28 heavy (non-hydrogen) atoms. The van der Waals surface area contributed by atoms with E-state index in [1.807, 2.05) is 31.2 Å². The Labute approximate surface area is 163 Å². The van der Waals surface area contributed by atoms with Crippen LogP contribution in [0.5, 0.6) is 0 Å². The fourth-order valence-electron chi connectivity index (χ4n) is 2.82. The van der Waals surface area contributed by atoms with Crippen molar-refractivity contribution in [3.05, 3.63) is 81.6 Å². The lowest BCUT2D eigenvalue weighted by Gasteiger charge is -2.14. The molecule has 0 aliphatic heterocycles. The molecule has 7 nitrogen and oxygen atoms in total. The number of carbonyl (C=O) groups is 1. The van der Waals surface area contributed by atoms with Crippen LogP contribution in [-0.2, 0) is 20.7 Å². The number of carbonyl (C=O) groups excluding carboxylic acids is 1. The van der Waals surface area contributed by atoms with Crippen LogP contribution in [0, 0.1) is 10.1 Å². The van der Waals surface area contributed by atoms with Gasteiger partial charge in [-0.2, -0.15) is 0 Å². The summed E-state index contributed by atoms with van der Waals surface area (Å²) in [5.41, 5.74) is 3.12. The van der Waals surface area contributed by atoms with Crippen LogP contribution in [-0.4, -0.2) is 37.4 Å². The van der Waals surface area contributed by atoms with Crippen molar-refractivity contribution >= 4 is 22.9 Å². The summed E-state index contributed by atoms with van der Waals surface area (Å²) in [7, 11) is 2.76. The highest BCUT2D eigenvalue weighted by atomic mass is 16.6. The van der Waals surface area contributed by atoms with E-state index < -0.39 is 10.9 Å². The number of rotatable bonds is 8. The number of aliphatic imine (C=N–C) groups is 1. The Kier molecular flexibility index (Phi) is 7.45. The molecule has 0 unspecified atom stereocenters. The van der Waals surface area contributed by atoms with Crippen LogP contribution in [0.3, 0.4) is 0 Å². The second-order valence-corrected chi connectivity index (χ2v) is 5.83. The van der Waals surface area contributed by atoms with Crippen molar-refractivity contribution in [3.8, 4) is 0 Å². The lowest BCUT2D eigenvalue weighted by molar-refractivity contribution is -0.384. The highest BCUT2D eigenvalue weighted by Crippen LogP contribution is 2.24. The number of benzene rings is 2. The number of ether oxygens (including phenoxy) is 2. The first-order valence-corrected chi connectivity index (χ1v) is 8.69. The Balaban J connectivity index is 2.52. The van der Waals surface area contributed by atoms with Crippen LogP contribution >= 0.6 is 0 Å². The average Bonchev–Trinajstić information content (AvgIpc) is 2.71. The first-order valence-electron chi connectivity index (χ1n) is 8.69. The fraction of sp³-hybridized carbons (Fsp3) is 0.238. The van der Waals surface area contributed by atoms with E-state index in [4.69, 9.17) is 9.47 Å². The summed E-state index contributed by atoms with van der Waals surface area (Å²) in [5.74, 6) is -0.527. The van der Waals surface area contributed by atoms with Gasteiger partial charge in [0.25, 0.3) is 5.69 Å². The van der Waals surface area contributed by atoms with Gasteiger partial charge in [-0.05, 0) is 12.5 Å². The highest BCUT2D eigenvalue weighted by molar-refractivity contribution is 6.20. The average molecular weight is 382 g/mol. The molecule has 0 spiro atoms. The maximum atomic E-state index is 12.2. The van der Waals surface area contributed by atoms with E-state index in [9.17, 15) is 14.9 Å². The first-order chi connectivity index (χ1) is 13.5. The van der Waals surface area contributed by atoms with E-state index in [1.54, 1.807) is 12.1 Å². The Hall–Kier alpha value is -3.48. The number of nitro groups is 1. The summed E-state index contributed by atoms with van der Waals surface area (Å²) < 4.78 is 9.93. The van der Waals surface area contributed by atoms with Gasteiger partial charge in [0.15, 0.2) is 0 Å². The third-order valence-electron chi connectivity index (χ3n) is 4.01. The number of hydrogen-bond acceptors (Lipinski definition) is 6. The van der Waals surface area contributed by atoms with E-state index in [1.165, 1.54) is 32.6 Å². The molecule has 0 atom stereocenters. The summed E-state index contributed by atoms with van der Waals surface area (Å²) in [6.07, 6.45) is 1.72. The Morgan fingerprint density at radius 3 is 2.46 bits per heavy atom. The first kappa shape index (κ1) is 20.8. The van der Waals surface area contributed by atoms with Crippen LogP contribution < -0.4 is 0 Å². The normalized spacial score (nSPS) is 11.8. The number of nitro benzene ring substituents is 1. The third kappa shape index (κ3) is 5.03. The van der Waals surface area contributed by atoms with E-state index in [2.05, 4.69) is 4.99 Å². The number of nitrogens with zero attached hydrogens (tertiary/aromatic N) is 2. The molecule has 7 heteroatoms. The molecule has 2 aromatic carbocycles. The van der Waals surface area contributed by atoms with Crippen molar-refractivity contribution in [2.24, 2.45) is 4.99 Å². The highest BCUT2D eigenvalue weighted by Gasteiger charge is 2.19. The predicted octanol–water partition coefficient (Wildman–Crippen LogP) is 3.81. The molecule has 0 bridgehead atoms. The van der Waals surface area contributed by atoms with E-state index in [-0.39, 0.29) is 11.3 Å². The van der Waals surface area contributed by atoms with Crippen LogP contribution in [0.2, 0.25) is 0 Å². The molecule has 2 aromatic rings. The summed E-state index contributed by atoms with van der Waals surface area (Å²) in [4.78, 5) is 27.4. The second-order valence-electron chi connectivity index (χ2n) is 5.83. The van der Waals surface area contributed by atoms with Crippen LogP contribution in [0.25, 0.3) is 5.57 Å². The maximum Gasteiger partial charge on any atom is 0.341 e. The minimum absolute atomic E-state index is 0.0242. The molecule has 146 valence electrons. The Morgan fingerprint density at radius 2 is 1.86 bits per heavy atom. The maximum absolute atomic E-state index is 12.2. The zero-order valence-corrected chi connectivity index (χ0v) is 16.0. The van der Waals surface area contributed by atoms with Crippen LogP contribution in [0.4, 0.5) is 5.69 Å². The van der Waals surface area contributed by atoms with Crippen molar-refractivity contribution < 1.29 is 19.2 Å². The molecular formula is C21H22N2O5. The lowest BCUT2D eigenvalue weighted by Crippen LogP contribution is -2.13. The molecule has 0 aliphatic carbocycles. The molecule has 0 fully saturated rings. The predicted molar refractivity (Wildman–Crippen MR) is 107 cm³/mol. The fourth-order valence-corrected chi connectivity index (χ4v) is 2.82. The van der Waals surface area contributed by atoms with E-state index in [0.717, 1.165) is 11.1 Å². The van der Waals surface area contributed by atoms with Crippen LogP contribution in [0.1, 0.15) is 23.6 Å². The van der Waals surface area contributed by atoms with Gasteiger partial charge in [-0.1, -0.05) is 36.4 Å². The smallest absolute Gasteiger partial charge is 0.341 e. The topological polar surface area (TPSA) is 91.0 Å². The lowest BCUT2D eigenvalue weighted by atomic mass is 9.93. The van der Waals surface area contributed by atoms with Crippen molar-refractivity contribution in [2.75, 3.05) is 20.8 Å². The number of esters is 1. The Bertz CT molecular complexity index is 919. The van der Waals surface area contributed by atoms with Gasteiger partial charge in [0, 0.05) is 41.9 Å². The quantitative estimate of drug-likeness (QED) is 0.173. The van der Waals surface area contributed by atoms with Crippen molar-refractivity contribution in [3.63, 3.8) is 0 Å². The largest absolute Gasteiger partial charge is 0.503 e. The molecule has 0 radical (unpaired) electrons. The van der Waals surface area contributed by atoms with Crippen molar-refractivity contribution in [1.29, 1.82) is 0 Å². The second kappa shape index (κ2) is 10.0. The van der Waals surface area contributed by atoms with Gasteiger partial charge in [-0.15, -0.1) is 0 Å². The van der Waals surface area contributed by atoms with Gasteiger partial charge in [0.1, 0.15) is 5.57 Å². The minimum atomic E-state index is -0.527. The zero-order valence-electron chi connectivity index (χ0n) is 16.0. The van der Waals surface area contributed by atoms with Gasteiger partial charge in [0.05, 0.1) is 25.4 Å². The molecule has 0 N–H and O–H groups in total. The van der Waals surface area contributed by atoms with Gasteiger partial charge < -0.3 is 9.47 Å². The van der Waals surface area contributed by atoms with E-state index in [0.29, 0.717) is 24.2 Å². The van der Waals surface area contributed by atoms with Gasteiger partial charge in [-0.25, -0.2) is 4.79 Å². The SMILES string of the molecule is CCN=C(Cc1cccc([N+](=O)[O-])c1)c1ccccc1/C(=C\OC)C(=O)OC. The van der Waals surface area contributed by atoms with Gasteiger partial charge in [-0.3, -0.25) is 15.1 Å². The third-order valence-corrected chi connectivity index (χ3v) is 4.01. The van der Waals surface area contributed by atoms with Gasteiger partial charge >= 0.3 is 5.97 Å². The molecule has 0 aromatic heterocycles. The molecular weight excluding hydrogens is 360 g/mol. The van der Waals surface area contributed by atoms with Crippen LogP contribution in [0.15, 0.2) is 59.8 Å². The molecule has 2 rings (SSSR count). The van der Waals surface area contributed by atoms with E-state index >= 15 is 0 Å². The molecule has 0 heterocycles. The molecule has 0 aliphatic rings. The number of non-ortho nitro benzene ring substituents is 1. The summed E-state index contributed by atoms with van der Waals surface area (Å²) in [5, 5.41) is 11.1. The molecule has 0 saturated carbocycles. The standard InChI is InChI=1S/C21H22N2O5/c1-4-22-20(13-15-8-7-9-16(12-15)23(25)26)18-11-6-5-10-17(18)19(14-27-2)21(24)28-3/h5-12,14H,4,13H2,1-3H3/b19-14+,22-20?. The van der Waals surface area contributed by atoms with Crippen molar-refractivity contribution in [2.45, 2.75) is 13.3 Å². The minimum Gasteiger partial charge on any atom is -0.503 e. The Morgan fingerprint density at radius 1 is 1.14 bits per heavy atom. The molecule has 0 saturated heterocycles. The monoisotopic (exact) mass is 382 g/mol. The summed E-state index contributed by atoms with van der Waals surface area (Å²) in [6.45, 7) is 2.43. The zero-order chi connectivity index (χ0) is 20.5. The summed E-state index contributed by atoms with van der Waals surface area (Å²) >= 11 is 0. The van der Waals surface area contributed by atoms with Crippen molar-refractivity contribution in [1.82, 2.24) is 0 Å². The number of hydrogen-bond donors (Lipinski definition) is 0. The van der Waals surface area contributed by atoms with Gasteiger partial charge in [0.2, 0.25) is 0 Å². The molecule has 0 amide bonds.